The van der Waals surface area contributed by atoms with Crippen molar-refractivity contribution in [3.05, 3.63) is 40.3 Å². The fraction of sp³-hybridized carbons (Fsp3) is 0.111. The molecule has 1 aromatic rings. The number of carboxylic acids is 1. The van der Waals surface area contributed by atoms with E-state index in [0.717, 1.165) is 6.08 Å². The van der Waals surface area contributed by atoms with E-state index >= 15 is 0 Å². The first-order valence-electron chi connectivity index (χ1n) is 3.68. The van der Waals surface area contributed by atoms with Gasteiger partial charge in [0.2, 0.25) is 0 Å². The topological polar surface area (TPSA) is 59.3 Å². The Hall–Kier alpha value is -1.84. The van der Waals surface area contributed by atoms with E-state index in [1.807, 2.05) is 0 Å². The predicted molar refractivity (Wildman–Crippen MR) is 48.4 cm³/mol. The summed E-state index contributed by atoms with van der Waals surface area (Å²) >= 11 is 0. The highest BCUT2D eigenvalue weighted by Gasteiger charge is 1.94. The van der Waals surface area contributed by atoms with Crippen LogP contribution in [0.5, 0.6) is 0 Å². The van der Waals surface area contributed by atoms with Crippen LogP contribution < -0.4 is 5.56 Å². The highest BCUT2D eigenvalue weighted by molar-refractivity contribution is 5.84. The molecule has 0 spiro atoms. The summed E-state index contributed by atoms with van der Waals surface area (Å²) in [5.74, 6) is -1.03. The third kappa shape index (κ3) is 2.30. The summed E-state index contributed by atoms with van der Waals surface area (Å²) < 4.78 is 1.37. The molecule has 0 saturated carbocycles. The summed E-state index contributed by atoms with van der Waals surface area (Å²) in [6.07, 6.45) is 2.37. The number of nitrogens with zero attached hydrogens (tertiary/aromatic N) is 1. The first kappa shape index (κ1) is 9.25. The van der Waals surface area contributed by atoms with Gasteiger partial charge in [-0.05, 0) is 12.1 Å². The van der Waals surface area contributed by atoms with Crippen LogP contribution in [-0.2, 0) is 11.8 Å². The maximum atomic E-state index is 11.1. The van der Waals surface area contributed by atoms with E-state index in [2.05, 4.69) is 0 Å². The lowest BCUT2D eigenvalue weighted by molar-refractivity contribution is -0.131. The molecular formula is C9H9NO3. The molecule has 0 unspecified atom stereocenters. The highest BCUT2D eigenvalue weighted by Crippen LogP contribution is 1.96. The molecule has 68 valence electrons. The van der Waals surface area contributed by atoms with Gasteiger partial charge in [0.15, 0.2) is 0 Å². The Morgan fingerprint density at radius 2 is 2.23 bits per heavy atom. The normalized spacial score (nSPS) is 10.5. The molecule has 0 bridgehead atoms. The van der Waals surface area contributed by atoms with Gasteiger partial charge < -0.3 is 9.67 Å². The van der Waals surface area contributed by atoms with Crippen LogP contribution in [0.4, 0.5) is 0 Å². The van der Waals surface area contributed by atoms with Crippen LogP contribution in [0, 0.1) is 0 Å². The third-order valence-corrected chi connectivity index (χ3v) is 1.62. The van der Waals surface area contributed by atoms with E-state index in [4.69, 9.17) is 5.11 Å². The summed E-state index contributed by atoms with van der Waals surface area (Å²) in [7, 11) is 1.59. The van der Waals surface area contributed by atoms with Gasteiger partial charge in [0, 0.05) is 24.9 Å². The molecule has 4 nitrogen and oxygen atoms in total. The Labute approximate surface area is 74.7 Å². The first-order chi connectivity index (χ1) is 6.11. The van der Waals surface area contributed by atoms with Crippen molar-refractivity contribution in [3.8, 4) is 0 Å². The van der Waals surface area contributed by atoms with E-state index in [0.29, 0.717) is 5.69 Å². The number of hydrogen-bond acceptors (Lipinski definition) is 2. The van der Waals surface area contributed by atoms with Crippen LogP contribution in [0.15, 0.2) is 29.1 Å². The smallest absolute Gasteiger partial charge is 0.328 e. The van der Waals surface area contributed by atoms with Gasteiger partial charge in [-0.25, -0.2) is 4.79 Å². The summed E-state index contributed by atoms with van der Waals surface area (Å²) in [4.78, 5) is 21.3. The van der Waals surface area contributed by atoms with Crippen molar-refractivity contribution in [1.82, 2.24) is 4.57 Å². The molecule has 1 rings (SSSR count). The van der Waals surface area contributed by atoms with Crippen LogP contribution in [0.3, 0.4) is 0 Å². The predicted octanol–water partition coefficient (Wildman–Crippen LogP) is 0.483. The minimum atomic E-state index is -1.03. The number of aromatic nitrogens is 1. The zero-order valence-electron chi connectivity index (χ0n) is 7.10. The molecule has 1 N–H and O–H groups in total. The molecule has 0 aliphatic rings. The average molecular weight is 179 g/mol. The molecule has 0 atom stereocenters. The Bertz CT molecular complexity index is 404. The van der Waals surface area contributed by atoms with Gasteiger partial charge in [0.25, 0.3) is 5.56 Å². The Morgan fingerprint density at radius 1 is 1.54 bits per heavy atom. The summed E-state index contributed by atoms with van der Waals surface area (Å²) in [5, 5.41) is 8.36. The molecule has 0 aliphatic heterocycles. The second kappa shape index (κ2) is 3.71. The van der Waals surface area contributed by atoms with Gasteiger partial charge in [0.05, 0.1) is 0 Å². The molecule has 0 aliphatic carbocycles. The maximum Gasteiger partial charge on any atom is 0.328 e. The van der Waals surface area contributed by atoms with E-state index in [9.17, 15) is 9.59 Å². The number of carboxylic acid groups (broad SMARTS) is 1. The second-order valence-corrected chi connectivity index (χ2v) is 2.52. The molecule has 13 heavy (non-hydrogen) atoms. The number of aliphatic carboxylic acids is 1. The van der Waals surface area contributed by atoms with Crippen molar-refractivity contribution in [2.45, 2.75) is 0 Å². The standard InChI is InChI=1S/C9H9NO3/c1-10-7(5-6-9(12)13)3-2-4-8(10)11/h2-6H,1H3,(H,12,13). The molecule has 4 heteroatoms. The molecule has 0 aromatic carbocycles. The van der Waals surface area contributed by atoms with Gasteiger partial charge in [0.1, 0.15) is 0 Å². The van der Waals surface area contributed by atoms with Gasteiger partial charge in [-0.15, -0.1) is 0 Å². The van der Waals surface area contributed by atoms with Crippen LogP contribution in [-0.4, -0.2) is 15.6 Å². The van der Waals surface area contributed by atoms with Crippen LogP contribution >= 0.6 is 0 Å². The zero-order chi connectivity index (χ0) is 9.84. The maximum absolute atomic E-state index is 11.1. The van der Waals surface area contributed by atoms with E-state index in [-0.39, 0.29) is 5.56 Å². The van der Waals surface area contributed by atoms with Crippen molar-refractivity contribution in [2.24, 2.45) is 7.05 Å². The summed E-state index contributed by atoms with van der Waals surface area (Å²) in [6, 6.07) is 4.67. The molecule has 0 saturated heterocycles. The monoisotopic (exact) mass is 179 g/mol. The summed E-state index contributed by atoms with van der Waals surface area (Å²) in [5.41, 5.74) is 0.405. The Morgan fingerprint density at radius 3 is 2.85 bits per heavy atom. The quantitative estimate of drug-likeness (QED) is 0.672. The SMILES string of the molecule is Cn1c(C=CC(=O)O)cccc1=O. The van der Waals surface area contributed by atoms with E-state index in [1.165, 1.54) is 16.7 Å². The number of hydrogen-bond donors (Lipinski definition) is 1. The lowest BCUT2D eigenvalue weighted by Crippen LogP contribution is -2.16. The molecule has 0 amide bonds. The van der Waals surface area contributed by atoms with Crippen molar-refractivity contribution < 1.29 is 9.90 Å². The van der Waals surface area contributed by atoms with Gasteiger partial charge >= 0.3 is 5.97 Å². The molecule has 0 fully saturated rings. The lowest BCUT2D eigenvalue weighted by Gasteiger charge is -2.00. The van der Waals surface area contributed by atoms with Crippen molar-refractivity contribution in [1.29, 1.82) is 0 Å². The van der Waals surface area contributed by atoms with Crippen LogP contribution in [0.2, 0.25) is 0 Å². The Kier molecular flexibility index (Phi) is 2.64. The molecule has 1 aromatic heterocycles. The van der Waals surface area contributed by atoms with Crippen LogP contribution in [0.1, 0.15) is 5.69 Å². The van der Waals surface area contributed by atoms with Crippen molar-refractivity contribution in [3.63, 3.8) is 0 Å². The van der Waals surface area contributed by atoms with Crippen molar-refractivity contribution >= 4 is 12.0 Å². The number of rotatable bonds is 2. The number of carbonyl (C=O) groups is 1. The van der Waals surface area contributed by atoms with Gasteiger partial charge in [-0.2, -0.15) is 0 Å². The first-order valence-corrected chi connectivity index (χ1v) is 3.68. The zero-order valence-corrected chi connectivity index (χ0v) is 7.10. The summed E-state index contributed by atoms with van der Waals surface area (Å²) in [6.45, 7) is 0. The minimum Gasteiger partial charge on any atom is -0.478 e. The fourth-order valence-corrected chi connectivity index (χ4v) is 0.904. The molecule has 0 radical (unpaired) electrons. The third-order valence-electron chi connectivity index (χ3n) is 1.62. The molecular weight excluding hydrogens is 170 g/mol. The number of pyridine rings is 1. The average Bonchev–Trinajstić information content (AvgIpc) is 2.07. The highest BCUT2D eigenvalue weighted by atomic mass is 16.4. The van der Waals surface area contributed by atoms with Gasteiger partial charge in [-0.1, -0.05) is 6.07 Å². The largest absolute Gasteiger partial charge is 0.478 e. The van der Waals surface area contributed by atoms with Gasteiger partial charge in [-0.3, -0.25) is 4.79 Å². The second-order valence-electron chi connectivity index (χ2n) is 2.52. The Balaban J connectivity index is 3.09. The minimum absolute atomic E-state index is 0.160. The van der Waals surface area contributed by atoms with E-state index in [1.54, 1.807) is 19.2 Å². The lowest BCUT2D eigenvalue weighted by atomic mass is 10.3. The van der Waals surface area contributed by atoms with Crippen molar-refractivity contribution in [2.75, 3.05) is 0 Å². The molecule has 1 heterocycles. The fourth-order valence-electron chi connectivity index (χ4n) is 0.904. The van der Waals surface area contributed by atoms with E-state index < -0.39 is 5.97 Å². The van der Waals surface area contributed by atoms with Crippen LogP contribution in [0.25, 0.3) is 6.08 Å².